The van der Waals surface area contributed by atoms with Crippen LogP contribution in [0.25, 0.3) is 0 Å². The summed E-state index contributed by atoms with van der Waals surface area (Å²) in [4.78, 5) is 0. The molecule has 4 heteroatoms. The van der Waals surface area contributed by atoms with Gasteiger partial charge in [0.2, 0.25) is 0 Å². The second kappa shape index (κ2) is 5.80. The minimum atomic E-state index is -0.586. The second-order valence-electron chi connectivity index (χ2n) is 4.32. The van der Waals surface area contributed by atoms with Crippen LogP contribution in [0.5, 0.6) is 11.5 Å². The Morgan fingerprint density at radius 3 is 2.58 bits per heavy atom. The third kappa shape index (κ3) is 3.29. The van der Waals surface area contributed by atoms with Gasteiger partial charge >= 0.3 is 0 Å². The standard InChI is InChI=1S/C15H15F2NO/c1-10-3-6-14(11(7-10)9-18-2)19-15-8-12(16)4-5-13(15)17/h3-8,18H,9H2,1-2H3. The average molecular weight is 263 g/mol. The van der Waals surface area contributed by atoms with E-state index in [4.69, 9.17) is 4.74 Å². The highest BCUT2D eigenvalue weighted by Gasteiger charge is 2.09. The molecule has 0 spiro atoms. The van der Waals surface area contributed by atoms with Crippen molar-refractivity contribution in [3.63, 3.8) is 0 Å². The van der Waals surface area contributed by atoms with E-state index in [0.717, 1.165) is 29.3 Å². The van der Waals surface area contributed by atoms with E-state index in [1.807, 2.05) is 26.1 Å². The molecule has 0 amide bonds. The van der Waals surface area contributed by atoms with Crippen molar-refractivity contribution in [3.8, 4) is 11.5 Å². The van der Waals surface area contributed by atoms with Crippen LogP contribution in [0, 0.1) is 18.6 Å². The topological polar surface area (TPSA) is 21.3 Å². The van der Waals surface area contributed by atoms with Crippen LogP contribution in [0.2, 0.25) is 0 Å². The summed E-state index contributed by atoms with van der Waals surface area (Å²) in [5.41, 5.74) is 1.98. The van der Waals surface area contributed by atoms with Gasteiger partial charge in [-0.3, -0.25) is 0 Å². The molecule has 0 fully saturated rings. The predicted octanol–water partition coefficient (Wildman–Crippen LogP) is 3.78. The molecule has 0 bridgehead atoms. The van der Waals surface area contributed by atoms with Crippen LogP contribution < -0.4 is 10.1 Å². The highest BCUT2D eigenvalue weighted by atomic mass is 19.1. The number of ether oxygens (including phenoxy) is 1. The molecule has 0 atom stereocenters. The highest BCUT2D eigenvalue weighted by Crippen LogP contribution is 2.28. The zero-order valence-electron chi connectivity index (χ0n) is 10.8. The minimum absolute atomic E-state index is 0.110. The molecule has 0 aliphatic rings. The third-order valence-electron chi connectivity index (χ3n) is 2.70. The lowest BCUT2D eigenvalue weighted by atomic mass is 10.1. The van der Waals surface area contributed by atoms with Crippen LogP contribution in [0.15, 0.2) is 36.4 Å². The summed E-state index contributed by atoms with van der Waals surface area (Å²) in [6.07, 6.45) is 0. The van der Waals surface area contributed by atoms with Crippen LogP contribution in [0.1, 0.15) is 11.1 Å². The van der Waals surface area contributed by atoms with Gasteiger partial charge in [-0.05, 0) is 32.2 Å². The van der Waals surface area contributed by atoms with Gasteiger partial charge in [-0.15, -0.1) is 0 Å². The summed E-state index contributed by atoms with van der Waals surface area (Å²) >= 11 is 0. The van der Waals surface area contributed by atoms with Crippen LogP contribution in [0.4, 0.5) is 8.78 Å². The van der Waals surface area contributed by atoms with Gasteiger partial charge in [-0.25, -0.2) is 8.78 Å². The van der Waals surface area contributed by atoms with E-state index in [2.05, 4.69) is 5.32 Å². The van der Waals surface area contributed by atoms with Crippen molar-refractivity contribution in [3.05, 3.63) is 59.2 Å². The molecule has 19 heavy (non-hydrogen) atoms. The SMILES string of the molecule is CNCc1cc(C)ccc1Oc1cc(F)ccc1F. The Labute approximate surface area is 111 Å². The number of rotatable bonds is 4. The molecule has 0 aromatic heterocycles. The van der Waals surface area contributed by atoms with Gasteiger partial charge in [0, 0.05) is 18.2 Å². The Balaban J connectivity index is 2.34. The maximum Gasteiger partial charge on any atom is 0.165 e. The number of benzene rings is 2. The molecule has 0 aliphatic carbocycles. The summed E-state index contributed by atoms with van der Waals surface area (Å²) in [6.45, 7) is 2.56. The Morgan fingerprint density at radius 2 is 1.84 bits per heavy atom. The van der Waals surface area contributed by atoms with Gasteiger partial charge in [-0.1, -0.05) is 17.7 Å². The van der Waals surface area contributed by atoms with Gasteiger partial charge in [0.1, 0.15) is 11.6 Å². The van der Waals surface area contributed by atoms with E-state index in [1.54, 1.807) is 6.07 Å². The van der Waals surface area contributed by atoms with Gasteiger partial charge in [0.25, 0.3) is 0 Å². The van der Waals surface area contributed by atoms with Crippen LogP contribution in [-0.2, 0) is 6.54 Å². The monoisotopic (exact) mass is 263 g/mol. The molecule has 2 rings (SSSR count). The quantitative estimate of drug-likeness (QED) is 0.906. The molecule has 100 valence electrons. The maximum atomic E-state index is 13.5. The first-order chi connectivity index (χ1) is 9.10. The number of halogens is 2. The molecule has 2 nitrogen and oxygen atoms in total. The lowest BCUT2D eigenvalue weighted by molar-refractivity contribution is 0.431. The number of hydrogen-bond donors (Lipinski definition) is 1. The van der Waals surface area contributed by atoms with Crippen LogP contribution in [0.3, 0.4) is 0 Å². The Morgan fingerprint density at radius 1 is 1.05 bits per heavy atom. The Kier molecular flexibility index (Phi) is 4.12. The predicted molar refractivity (Wildman–Crippen MR) is 70.4 cm³/mol. The van der Waals surface area contributed by atoms with E-state index >= 15 is 0 Å². The molecule has 0 aliphatic heterocycles. The van der Waals surface area contributed by atoms with E-state index < -0.39 is 11.6 Å². The first kappa shape index (κ1) is 13.5. The molecule has 2 aromatic rings. The van der Waals surface area contributed by atoms with E-state index in [-0.39, 0.29) is 5.75 Å². The van der Waals surface area contributed by atoms with Crippen molar-refractivity contribution in [1.29, 1.82) is 0 Å². The number of nitrogens with one attached hydrogen (secondary N) is 1. The zero-order valence-corrected chi connectivity index (χ0v) is 10.8. The van der Waals surface area contributed by atoms with Gasteiger partial charge in [-0.2, -0.15) is 0 Å². The maximum absolute atomic E-state index is 13.5. The molecule has 0 saturated heterocycles. The molecule has 1 N–H and O–H groups in total. The van der Waals surface area contributed by atoms with Crippen molar-refractivity contribution < 1.29 is 13.5 Å². The summed E-state index contributed by atoms with van der Waals surface area (Å²) in [5.74, 6) is -0.707. The summed E-state index contributed by atoms with van der Waals surface area (Å²) in [5, 5.41) is 3.02. The smallest absolute Gasteiger partial charge is 0.165 e. The van der Waals surface area contributed by atoms with Crippen LogP contribution >= 0.6 is 0 Å². The van der Waals surface area contributed by atoms with Crippen LogP contribution in [-0.4, -0.2) is 7.05 Å². The first-order valence-corrected chi connectivity index (χ1v) is 5.97. The molecule has 0 radical (unpaired) electrons. The van der Waals surface area contributed by atoms with Gasteiger partial charge < -0.3 is 10.1 Å². The fourth-order valence-corrected chi connectivity index (χ4v) is 1.81. The molecule has 0 unspecified atom stereocenters. The second-order valence-corrected chi connectivity index (χ2v) is 4.32. The van der Waals surface area contributed by atoms with Gasteiger partial charge in [0.15, 0.2) is 11.6 Å². The van der Waals surface area contributed by atoms with Crippen molar-refractivity contribution in [2.24, 2.45) is 0 Å². The average Bonchev–Trinajstić information content (AvgIpc) is 2.37. The zero-order chi connectivity index (χ0) is 13.8. The van der Waals surface area contributed by atoms with E-state index in [9.17, 15) is 8.78 Å². The molecular formula is C15H15F2NO. The minimum Gasteiger partial charge on any atom is -0.454 e. The molecule has 2 aromatic carbocycles. The van der Waals surface area contributed by atoms with E-state index in [1.165, 1.54) is 0 Å². The lowest BCUT2D eigenvalue weighted by Crippen LogP contribution is -2.07. The summed E-state index contributed by atoms with van der Waals surface area (Å²) < 4.78 is 32.1. The fraction of sp³-hybridized carbons (Fsp3) is 0.200. The summed E-state index contributed by atoms with van der Waals surface area (Å²) in [6, 6.07) is 8.72. The fourth-order valence-electron chi connectivity index (χ4n) is 1.81. The van der Waals surface area contributed by atoms with Crippen molar-refractivity contribution in [1.82, 2.24) is 5.32 Å². The van der Waals surface area contributed by atoms with Crippen molar-refractivity contribution in [2.75, 3.05) is 7.05 Å². The van der Waals surface area contributed by atoms with Gasteiger partial charge in [0.05, 0.1) is 0 Å². The number of hydrogen-bond acceptors (Lipinski definition) is 2. The largest absolute Gasteiger partial charge is 0.454 e. The third-order valence-corrected chi connectivity index (χ3v) is 2.70. The highest BCUT2D eigenvalue weighted by molar-refractivity contribution is 5.40. The van der Waals surface area contributed by atoms with Crippen molar-refractivity contribution >= 4 is 0 Å². The molecule has 0 heterocycles. The molecule has 0 saturated carbocycles. The Hall–Kier alpha value is -1.94. The summed E-state index contributed by atoms with van der Waals surface area (Å²) in [7, 11) is 1.81. The van der Waals surface area contributed by atoms with Crippen molar-refractivity contribution in [2.45, 2.75) is 13.5 Å². The normalized spacial score (nSPS) is 10.5. The first-order valence-electron chi connectivity index (χ1n) is 5.97. The number of aryl methyl sites for hydroxylation is 1. The van der Waals surface area contributed by atoms with E-state index in [0.29, 0.717) is 12.3 Å². The lowest BCUT2D eigenvalue weighted by Gasteiger charge is -2.12. The Bertz CT molecular complexity index is 584. The molecular weight excluding hydrogens is 248 g/mol.